The van der Waals surface area contributed by atoms with E-state index in [4.69, 9.17) is 4.74 Å². The molecule has 3 saturated heterocycles. The van der Waals surface area contributed by atoms with Gasteiger partial charge in [0.2, 0.25) is 0 Å². The van der Waals surface area contributed by atoms with Crippen LogP contribution in [-0.4, -0.2) is 72.2 Å². The van der Waals surface area contributed by atoms with Crippen molar-refractivity contribution in [3.05, 3.63) is 64.7 Å². The minimum Gasteiger partial charge on any atom is -0.469 e. The molecule has 4 atom stereocenters. The van der Waals surface area contributed by atoms with Gasteiger partial charge in [-0.25, -0.2) is 4.79 Å². The Balaban J connectivity index is 1.65. The Labute approximate surface area is 241 Å². The molecule has 2 amide bonds. The molecule has 0 saturated carbocycles. The number of halogens is 3. The van der Waals surface area contributed by atoms with Crippen molar-refractivity contribution in [3.63, 3.8) is 0 Å². The third kappa shape index (κ3) is 5.26. The third-order valence-electron chi connectivity index (χ3n) is 8.80. The number of hydrogen-bond donors (Lipinski definition) is 3. The first-order chi connectivity index (χ1) is 20.0. The first-order valence-electron chi connectivity index (χ1n) is 13.9. The number of esters is 1. The molecule has 3 N–H and O–H groups in total. The zero-order chi connectivity index (χ0) is 30.2. The topological polar surface area (TPSA) is 118 Å². The number of alkyl halides is 3. The molecule has 10 nitrogen and oxygen atoms in total. The molecular weight excluding hydrogens is 553 g/mol. The van der Waals surface area contributed by atoms with Gasteiger partial charge in [0.05, 0.1) is 50.0 Å². The Bertz CT molecular complexity index is 1390. The number of hydrazine groups is 1. The van der Waals surface area contributed by atoms with E-state index < -0.39 is 48.0 Å². The van der Waals surface area contributed by atoms with Crippen LogP contribution in [0.25, 0.3) is 0 Å². The van der Waals surface area contributed by atoms with Gasteiger partial charge in [0.25, 0.3) is 0 Å². The van der Waals surface area contributed by atoms with Crippen LogP contribution in [0.15, 0.2) is 42.5 Å². The maximum absolute atomic E-state index is 13.6. The number of nitriles is 1. The van der Waals surface area contributed by atoms with E-state index in [1.54, 1.807) is 30.0 Å². The molecule has 0 bridgehead atoms. The number of nitrogens with zero attached hydrogens (tertiary/aromatic N) is 4. The summed E-state index contributed by atoms with van der Waals surface area (Å²) in [5.74, 6) is -1.62. The maximum atomic E-state index is 13.6. The lowest BCUT2D eigenvalue weighted by atomic mass is 9.81. The number of quaternary nitrogens is 1. The second kappa shape index (κ2) is 11.4. The molecule has 2 aromatic carbocycles. The van der Waals surface area contributed by atoms with Crippen LogP contribution in [0.5, 0.6) is 0 Å². The van der Waals surface area contributed by atoms with Gasteiger partial charge in [0.1, 0.15) is 19.0 Å². The van der Waals surface area contributed by atoms with Gasteiger partial charge in [0, 0.05) is 30.1 Å². The fourth-order valence-electron chi connectivity index (χ4n) is 6.85. The van der Waals surface area contributed by atoms with Crippen LogP contribution in [0.4, 0.5) is 23.7 Å². The predicted octanol–water partition coefficient (Wildman–Crippen LogP) is 3.23. The lowest BCUT2D eigenvalue weighted by Crippen LogP contribution is -2.65. The van der Waals surface area contributed by atoms with E-state index in [1.807, 2.05) is 0 Å². The first-order valence-corrected chi connectivity index (χ1v) is 13.9. The Morgan fingerprint density at radius 1 is 1.19 bits per heavy atom. The lowest BCUT2D eigenvalue weighted by molar-refractivity contribution is -0.930. The van der Waals surface area contributed by atoms with Crippen LogP contribution < -0.4 is 15.8 Å². The van der Waals surface area contributed by atoms with Crippen molar-refractivity contribution < 1.29 is 37.1 Å². The average Bonchev–Trinajstić information content (AvgIpc) is 3.58. The number of aliphatic hydroxyl groups excluding tert-OH is 1. The van der Waals surface area contributed by atoms with E-state index in [1.165, 1.54) is 24.1 Å². The van der Waals surface area contributed by atoms with Gasteiger partial charge in [-0.05, 0) is 42.8 Å². The summed E-state index contributed by atoms with van der Waals surface area (Å²) in [5.41, 5.74) is 6.62. The SMILES string of the molecule is COC(=O)C1C(C)N(c2cccc(C(F)(F)F)c2)C2NNC(=O)N2[C@H]1c1ccc(C#N)cc1C[N+]1(CCO)CCCC1. The van der Waals surface area contributed by atoms with E-state index in [9.17, 15) is 33.1 Å². The van der Waals surface area contributed by atoms with Gasteiger partial charge in [-0.3, -0.25) is 15.1 Å². The fraction of sp³-hybridized carbons (Fsp3) is 0.483. The number of nitrogens with one attached hydrogen (secondary N) is 2. The number of carbonyl (C=O) groups excluding carboxylic acids is 2. The highest BCUT2D eigenvalue weighted by Gasteiger charge is 2.55. The molecule has 3 aliphatic heterocycles. The van der Waals surface area contributed by atoms with Gasteiger partial charge < -0.3 is 19.2 Å². The summed E-state index contributed by atoms with van der Waals surface area (Å²) >= 11 is 0. The molecule has 3 aliphatic rings. The molecule has 3 heterocycles. The lowest BCUT2D eigenvalue weighted by Gasteiger charge is -2.52. The van der Waals surface area contributed by atoms with Gasteiger partial charge in [-0.1, -0.05) is 12.1 Å². The van der Waals surface area contributed by atoms with E-state index in [0.717, 1.165) is 43.6 Å². The highest BCUT2D eigenvalue weighted by Crippen LogP contribution is 2.45. The number of rotatable bonds is 7. The number of carbonyl (C=O) groups is 2. The van der Waals surface area contributed by atoms with Crippen molar-refractivity contribution in [2.45, 2.75) is 50.9 Å². The summed E-state index contributed by atoms with van der Waals surface area (Å²) in [6, 6.07) is 9.93. The number of anilines is 1. The zero-order valence-electron chi connectivity index (χ0n) is 23.4. The van der Waals surface area contributed by atoms with Crippen LogP contribution in [0.3, 0.4) is 0 Å². The molecule has 0 aromatic heterocycles. The van der Waals surface area contributed by atoms with Gasteiger partial charge in [-0.15, -0.1) is 0 Å². The number of ether oxygens (including phenoxy) is 1. The van der Waals surface area contributed by atoms with Crippen molar-refractivity contribution in [1.82, 2.24) is 15.8 Å². The molecule has 3 fully saturated rings. The number of fused-ring (bicyclic) bond motifs is 1. The molecule has 5 rings (SSSR count). The van der Waals surface area contributed by atoms with Crippen molar-refractivity contribution in [3.8, 4) is 6.07 Å². The number of likely N-dealkylation sites (tertiary alicyclic amines) is 1. The molecule has 13 heteroatoms. The van der Waals surface area contributed by atoms with Gasteiger partial charge in [-0.2, -0.15) is 23.9 Å². The quantitative estimate of drug-likeness (QED) is 0.336. The minimum absolute atomic E-state index is 0.00893. The van der Waals surface area contributed by atoms with Crippen molar-refractivity contribution in [1.29, 1.82) is 5.26 Å². The second-order valence-corrected chi connectivity index (χ2v) is 11.2. The van der Waals surface area contributed by atoms with Crippen LogP contribution in [0.1, 0.15) is 48.1 Å². The van der Waals surface area contributed by atoms with Gasteiger partial charge >= 0.3 is 18.2 Å². The summed E-state index contributed by atoms with van der Waals surface area (Å²) in [5, 5.41) is 19.6. The van der Waals surface area contributed by atoms with Crippen LogP contribution in [0.2, 0.25) is 0 Å². The first kappa shape index (κ1) is 29.6. The number of urea groups is 1. The highest BCUT2D eigenvalue weighted by molar-refractivity contribution is 5.82. The highest BCUT2D eigenvalue weighted by atomic mass is 19.4. The van der Waals surface area contributed by atoms with E-state index in [0.29, 0.717) is 28.7 Å². The Morgan fingerprint density at radius 3 is 2.57 bits per heavy atom. The van der Waals surface area contributed by atoms with E-state index in [-0.39, 0.29) is 12.3 Å². The average molecular weight is 588 g/mol. The maximum Gasteiger partial charge on any atom is 0.416 e. The van der Waals surface area contributed by atoms with Crippen LogP contribution in [0, 0.1) is 17.2 Å². The summed E-state index contributed by atoms with van der Waals surface area (Å²) in [6.45, 7) is 4.40. The largest absolute Gasteiger partial charge is 0.469 e. The summed E-state index contributed by atoms with van der Waals surface area (Å²) in [7, 11) is 1.24. The predicted molar refractivity (Wildman–Crippen MR) is 145 cm³/mol. The van der Waals surface area contributed by atoms with Crippen molar-refractivity contribution in [2.24, 2.45) is 5.92 Å². The minimum atomic E-state index is -4.59. The molecule has 0 radical (unpaired) electrons. The molecule has 0 spiro atoms. The van der Waals surface area contributed by atoms with Crippen molar-refractivity contribution >= 4 is 17.7 Å². The Hall–Kier alpha value is -3.86. The summed E-state index contributed by atoms with van der Waals surface area (Å²) in [4.78, 5) is 29.9. The summed E-state index contributed by atoms with van der Waals surface area (Å²) < 4.78 is 46.7. The smallest absolute Gasteiger partial charge is 0.416 e. The fourth-order valence-corrected chi connectivity index (χ4v) is 6.85. The number of amides is 2. The molecular formula is C29H34F3N6O4+. The molecule has 0 aliphatic carbocycles. The Kier molecular flexibility index (Phi) is 8.06. The van der Waals surface area contributed by atoms with Crippen LogP contribution in [-0.2, 0) is 22.3 Å². The molecule has 3 unspecified atom stereocenters. The number of methoxy groups -OCH3 is 1. The van der Waals surface area contributed by atoms with Crippen LogP contribution >= 0.6 is 0 Å². The molecule has 42 heavy (non-hydrogen) atoms. The van der Waals surface area contributed by atoms with E-state index in [2.05, 4.69) is 16.9 Å². The number of aliphatic hydroxyl groups is 1. The monoisotopic (exact) mass is 587 g/mol. The third-order valence-corrected chi connectivity index (χ3v) is 8.80. The zero-order valence-corrected chi connectivity index (χ0v) is 23.4. The summed E-state index contributed by atoms with van der Waals surface area (Å²) in [6.07, 6.45) is -3.54. The van der Waals surface area contributed by atoms with Gasteiger partial charge in [0.15, 0.2) is 6.29 Å². The Morgan fingerprint density at radius 2 is 1.93 bits per heavy atom. The van der Waals surface area contributed by atoms with Crippen molar-refractivity contribution in [2.75, 3.05) is 38.3 Å². The standard InChI is InChI=1S/C29H33F3N6O4/c1-18-24(26(40)42-2)25(23-9-8-19(16-33)14-20(23)17-38(12-13-39)10-3-4-11-38)37-27(34-35-28(37)41)36(18)22-7-5-6-21(15-22)29(30,31)32/h5-9,14-15,18,24-25,27,34,39H,3-4,10-13,17H2,1-2H3/p+1/t18?,24?,25-,27?/m0/s1. The van der Waals surface area contributed by atoms with E-state index >= 15 is 0 Å². The molecule has 224 valence electrons. The number of benzene rings is 2. The molecule has 2 aromatic rings. The number of hydrogen-bond acceptors (Lipinski definition) is 7. The second-order valence-electron chi connectivity index (χ2n) is 11.2. The normalized spacial score (nSPS) is 25.1.